The summed E-state index contributed by atoms with van der Waals surface area (Å²) in [4.78, 5) is 7.58. The Morgan fingerprint density at radius 1 is 1.21 bits per heavy atom. The number of hydrogen-bond donors (Lipinski definition) is 1. The topological polar surface area (TPSA) is 28.7 Å². The third kappa shape index (κ3) is 2.13. The Hall–Kier alpha value is -1.31. The molecule has 2 heterocycles. The van der Waals surface area contributed by atoms with Crippen LogP contribution in [0.4, 0.5) is 0 Å². The summed E-state index contributed by atoms with van der Waals surface area (Å²) in [7, 11) is 0. The maximum absolute atomic E-state index is 4.48. The maximum Gasteiger partial charge on any atom is 0.137 e. The van der Waals surface area contributed by atoms with Crippen molar-refractivity contribution in [1.82, 2.24) is 9.97 Å². The van der Waals surface area contributed by atoms with Gasteiger partial charge < -0.3 is 4.98 Å². The van der Waals surface area contributed by atoms with Crippen molar-refractivity contribution >= 4 is 11.0 Å². The van der Waals surface area contributed by atoms with Crippen LogP contribution in [0, 0.1) is 0 Å². The Labute approximate surface area is 86.9 Å². The first-order chi connectivity index (χ1) is 6.77. The van der Waals surface area contributed by atoms with Crippen LogP contribution in [0.25, 0.3) is 11.0 Å². The van der Waals surface area contributed by atoms with Gasteiger partial charge in [0.1, 0.15) is 5.65 Å². The van der Waals surface area contributed by atoms with E-state index in [0.717, 1.165) is 11.3 Å². The predicted molar refractivity (Wildman–Crippen MR) is 63.6 cm³/mol. The normalized spacial score (nSPS) is 10.1. The van der Waals surface area contributed by atoms with Crippen LogP contribution in [-0.4, -0.2) is 9.97 Å². The van der Waals surface area contributed by atoms with Crippen LogP contribution in [0.5, 0.6) is 0 Å². The molecular weight excluding hydrogens is 172 g/mol. The minimum atomic E-state index is 0. The summed E-state index contributed by atoms with van der Waals surface area (Å²) in [6.45, 7) is 8.30. The van der Waals surface area contributed by atoms with Crippen molar-refractivity contribution in [3.63, 3.8) is 0 Å². The van der Waals surface area contributed by atoms with Gasteiger partial charge >= 0.3 is 0 Å². The highest BCUT2D eigenvalue weighted by atomic mass is 14.8. The van der Waals surface area contributed by atoms with E-state index in [1.54, 1.807) is 0 Å². The smallest absolute Gasteiger partial charge is 0.137 e. The van der Waals surface area contributed by atoms with Crippen molar-refractivity contribution in [2.75, 3.05) is 0 Å². The zero-order valence-electron chi connectivity index (χ0n) is 9.33. The second kappa shape index (κ2) is 4.80. The van der Waals surface area contributed by atoms with Gasteiger partial charge in [-0.1, -0.05) is 27.7 Å². The molecule has 0 fully saturated rings. The molecule has 0 aromatic carbocycles. The second-order valence-electron chi connectivity index (χ2n) is 3.31. The van der Waals surface area contributed by atoms with Crippen molar-refractivity contribution < 1.29 is 1.43 Å². The molecule has 2 aromatic heterocycles. The summed E-state index contributed by atoms with van der Waals surface area (Å²) < 4.78 is 0. The van der Waals surface area contributed by atoms with Crippen molar-refractivity contribution in [3.05, 3.63) is 30.1 Å². The number of aromatic nitrogens is 2. The van der Waals surface area contributed by atoms with Gasteiger partial charge in [0.2, 0.25) is 0 Å². The summed E-state index contributed by atoms with van der Waals surface area (Å²) in [5.74, 6) is 0.498. The Bertz CT molecular complexity index is 393. The molecule has 0 radical (unpaired) electrons. The summed E-state index contributed by atoms with van der Waals surface area (Å²) in [6, 6.07) is 6.22. The van der Waals surface area contributed by atoms with Gasteiger partial charge in [-0.3, -0.25) is 0 Å². The maximum atomic E-state index is 4.48. The molecule has 0 aliphatic rings. The fourth-order valence-corrected chi connectivity index (χ4v) is 1.27. The van der Waals surface area contributed by atoms with Gasteiger partial charge in [0.05, 0.1) is 0 Å². The number of nitrogens with one attached hydrogen (secondary N) is 1. The van der Waals surface area contributed by atoms with Crippen molar-refractivity contribution in [2.45, 2.75) is 33.6 Å². The number of H-pyrrole nitrogens is 1. The van der Waals surface area contributed by atoms with Gasteiger partial charge in [0.25, 0.3) is 0 Å². The van der Waals surface area contributed by atoms with Crippen LogP contribution in [0.3, 0.4) is 0 Å². The molecule has 0 unspecified atom stereocenters. The molecule has 2 aromatic rings. The van der Waals surface area contributed by atoms with Crippen LogP contribution < -0.4 is 0 Å². The van der Waals surface area contributed by atoms with E-state index in [1.807, 2.05) is 26.1 Å². The monoisotopic (exact) mass is 192 g/mol. The second-order valence-corrected chi connectivity index (χ2v) is 3.31. The van der Waals surface area contributed by atoms with Crippen LogP contribution in [0.1, 0.15) is 40.7 Å². The minimum Gasteiger partial charge on any atom is -0.346 e. The third-order valence-electron chi connectivity index (χ3n) is 2.02. The molecule has 0 saturated carbocycles. The minimum absolute atomic E-state index is 0. The van der Waals surface area contributed by atoms with Crippen LogP contribution in [-0.2, 0) is 0 Å². The summed E-state index contributed by atoms with van der Waals surface area (Å²) in [5, 5.41) is 1.18. The van der Waals surface area contributed by atoms with Gasteiger partial charge in [0, 0.05) is 18.7 Å². The van der Waals surface area contributed by atoms with Gasteiger partial charge in [-0.05, 0) is 24.1 Å². The molecule has 1 N–H and O–H groups in total. The van der Waals surface area contributed by atoms with E-state index in [4.69, 9.17) is 0 Å². The SMILES string of the molecule is CC.CC(C)c1ccc2cc[nH]c2n1.[HH]. The predicted octanol–water partition coefficient (Wildman–Crippen LogP) is 3.96. The highest BCUT2D eigenvalue weighted by Crippen LogP contribution is 2.15. The summed E-state index contributed by atoms with van der Waals surface area (Å²) >= 11 is 0. The zero-order chi connectivity index (χ0) is 10.6. The Morgan fingerprint density at radius 2 is 1.93 bits per heavy atom. The molecule has 0 aliphatic heterocycles. The molecule has 78 valence electrons. The van der Waals surface area contributed by atoms with E-state index >= 15 is 0 Å². The van der Waals surface area contributed by atoms with Crippen molar-refractivity contribution in [2.24, 2.45) is 0 Å². The van der Waals surface area contributed by atoms with E-state index in [1.165, 1.54) is 5.39 Å². The Morgan fingerprint density at radius 3 is 2.57 bits per heavy atom. The fourth-order valence-electron chi connectivity index (χ4n) is 1.27. The van der Waals surface area contributed by atoms with Gasteiger partial charge in [0.15, 0.2) is 0 Å². The molecule has 2 heteroatoms. The number of hydrogen-bond acceptors (Lipinski definition) is 1. The van der Waals surface area contributed by atoms with Crippen molar-refractivity contribution in [1.29, 1.82) is 0 Å². The summed E-state index contributed by atoms with van der Waals surface area (Å²) in [5.41, 5.74) is 2.13. The lowest BCUT2D eigenvalue weighted by molar-refractivity contribution is 0.828. The number of aromatic amines is 1. The van der Waals surface area contributed by atoms with Gasteiger partial charge in [-0.15, -0.1) is 0 Å². The molecular formula is C12H20N2. The Balaban J connectivity index is 0.000000617. The van der Waals surface area contributed by atoms with Gasteiger partial charge in [-0.25, -0.2) is 4.98 Å². The standard InChI is InChI=1S/C10H12N2.C2H6.H2/c1-7(2)9-4-3-8-5-6-11-10(8)12-9;1-2;/h3-7H,1-2H3,(H,11,12);1-2H3;1H. The molecule has 0 spiro atoms. The Kier molecular flexibility index (Phi) is 3.69. The lowest BCUT2D eigenvalue weighted by Gasteiger charge is -2.02. The largest absolute Gasteiger partial charge is 0.346 e. The molecule has 0 amide bonds. The zero-order valence-corrected chi connectivity index (χ0v) is 9.33. The van der Waals surface area contributed by atoms with E-state index < -0.39 is 0 Å². The first-order valence-corrected chi connectivity index (χ1v) is 5.21. The van der Waals surface area contributed by atoms with Crippen LogP contribution in [0.2, 0.25) is 0 Å². The van der Waals surface area contributed by atoms with Crippen LogP contribution >= 0.6 is 0 Å². The van der Waals surface area contributed by atoms with E-state index in [0.29, 0.717) is 5.92 Å². The number of rotatable bonds is 1. The quantitative estimate of drug-likeness (QED) is 0.728. The molecule has 2 nitrogen and oxygen atoms in total. The average Bonchev–Trinajstić information content (AvgIpc) is 2.67. The number of pyridine rings is 1. The van der Waals surface area contributed by atoms with E-state index in [9.17, 15) is 0 Å². The first-order valence-electron chi connectivity index (χ1n) is 5.21. The summed E-state index contributed by atoms with van der Waals surface area (Å²) in [6.07, 6.45) is 1.92. The van der Waals surface area contributed by atoms with E-state index in [-0.39, 0.29) is 1.43 Å². The molecule has 0 atom stereocenters. The average molecular weight is 192 g/mol. The fraction of sp³-hybridized carbons (Fsp3) is 0.417. The van der Waals surface area contributed by atoms with Crippen LogP contribution in [0.15, 0.2) is 24.4 Å². The highest BCUT2D eigenvalue weighted by Gasteiger charge is 2.01. The highest BCUT2D eigenvalue weighted by molar-refractivity contribution is 5.75. The van der Waals surface area contributed by atoms with E-state index in [2.05, 4.69) is 35.9 Å². The van der Waals surface area contributed by atoms with Gasteiger partial charge in [-0.2, -0.15) is 0 Å². The molecule has 0 aliphatic carbocycles. The third-order valence-corrected chi connectivity index (χ3v) is 2.02. The molecule has 2 rings (SSSR count). The first kappa shape index (κ1) is 10.8. The number of nitrogens with zero attached hydrogens (tertiary/aromatic N) is 1. The molecule has 14 heavy (non-hydrogen) atoms. The lowest BCUT2D eigenvalue weighted by atomic mass is 10.1. The van der Waals surface area contributed by atoms with Crippen molar-refractivity contribution in [3.8, 4) is 0 Å². The number of fused-ring (bicyclic) bond motifs is 1. The molecule has 0 saturated heterocycles. The lowest BCUT2D eigenvalue weighted by Crippen LogP contribution is -1.91. The molecule has 0 bridgehead atoms.